The molecule has 0 aliphatic carbocycles. The summed E-state index contributed by atoms with van der Waals surface area (Å²) in [5, 5.41) is 11.0. The first kappa shape index (κ1) is 18.5. The van der Waals surface area contributed by atoms with Crippen molar-refractivity contribution in [3.8, 4) is 0 Å². The van der Waals surface area contributed by atoms with Crippen LogP contribution in [0.25, 0.3) is 0 Å². The van der Waals surface area contributed by atoms with Crippen LogP contribution in [0.2, 0.25) is 0 Å². The van der Waals surface area contributed by atoms with Crippen LogP contribution < -0.4 is 10.6 Å². The third-order valence-electron chi connectivity index (χ3n) is 4.82. The molecular weight excluding hydrogens is 326 g/mol. The lowest BCUT2D eigenvalue weighted by atomic mass is 9.89. The summed E-state index contributed by atoms with van der Waals surface area (Å²) in [6.45, 7) is 4.49. The van der Waals surface area contributed by atoms with E-state index in [9.17, 15) is 0 Å². The first-order chi connectivity index (χ1) is 12.7. The topological polar surface area (TPSA) is 63.5 Å². The Labute approximate surface area is 155 Å². The Morgan fingerprint density at radius 1 is 1.31 bits per heavy atom. The maximum atomic E-state index is 6.10. The monoisotopic (exact) mass is 355 g/mol. The molecule has 1 aliphatic rings. The lowest BCUT2D eigenvalue weighted by Crippen LogP contribution is -2.41. The number of aromatic nitrogens is 2. The SMILES string of the molecule is CN=C(NCc1cnn(C)c1)NCC1CCCOC1c1ccc(C)cc1. The minimum absolute atomic E-state index is 0.147. The van der Waals surface area contributed by atoms with E-state index in [4.69, 9.17) is 4.74 Å². The van der Waals surface area contributed by atoms with Gasteiger partial charge in [-0.3, -0.25) is 9.67 Å². The fourth-order valence-electron chi connectivity index (χ4n) is 3.37. The highest BCUT2D eigenvalue weighted by Crippen LogP contribution is 2.33. The first-order valence-corrected chi connectivity index (χ1v) is 9.26. The molecule has 2 atom stereocenters. The van der Waals surface area contributed by atoms with Crippen molar-refractivity contribution in [1.82, 2.24) is 20.4 Å². The van der Waals surface area contributed by atoms with Crippen molar-refractivity contribution in [1.29, 1.82) is 0 Å². The van der Waals surface area contributed by atoms with Crippen LogP contribution in [0.5, 0.6) is 0 Å². The zero-order valence-electron chi connectivity index (χ0n) is 15.9. The molecule has 2 N–H and O–H groups in total. The molecular formula is C20H29N5O. The molecule has 0 bridgehead atoms. The summed E-state index contributed by atoms with van der Waals surface area (Å²) in [4.78, 5) is 4.33. The Morgan fingerprint density at radius 3 is 2.81 bits per heavy atom. The molecule has 140 valence electrons. The van der Waals surface area contributed by atoms with Crippen LogP contribution in [0.15, 0.2) is 41.7 Å². The van der Waals surface area contributed by atoms with Gasteiger partial charge in [-0.2, -0.15) is 5.10 Å². The van der Waals surface area contributed by atoms with Gasteiger partial charge in [0.05, 0.1) is 12.3 Å². The largest absolute Gasteiger partial charge is 0.373 e. The second-order valence-electron chi connectivity index (χ2n) is 6.93. The minimum atomic E-state index is 0.147. The highest BCUT2D eigenvalue weighted by Gasteiger charge is 2.27. The number of ether oxygens (including phenoxy) is 1. The van der Waals surface area contributed by atoms with Crippen LogP contribution in [0.1, 0.15) is 35.6 Å². The van der Waals surface area contributed by atoms with E-state index < -0.39 is 0 Å². The Hall–Kier alpha value is -2.34. The molecule has 0 spiro atoms. The maximum absolute atomic E-state index is 6.10. The van der Waals surface area contributed by atoms with Gasteiger partial charge in [0.15, 0.2) is 5.96 Å². The Bertz CT molecular complexity index is 722. The van der Waals surface area contributed by atoms with E-state index in [-0.39, 0.29) is 6.10 Å². The van der Waals surface area contributed by atoms with Crippen molar-refractivity contribution in [2.24, 2.45) is 18.0 Å². The van der Waals surface area contributed by atoms with E-state index in [0.717, 1.165) is 37.5 Å². The van der Waals surface area contributed by atoms with Crippen molar-refractivity contribution in [3.05, 3.63) is 53.3 Å². The molecule has 6 heteroatoms. The average molecular weight is 355 g/mol. The van der Waals surface area contributed by atoms with E-state index in [1.165, 1.54) is 11.1 Å². The van der Waals surface area contributed by atoms with E-state index >= 15 is 0 Å². The number of aryl methyl sites for hydroxylation is 2. The number of benzene rings is 1. The lowest BCUT2D eigenvalue weighted by molar-refractivity contribution is -0.0265. The minimum Gasteiger partial charge on any atom is -0.373 e. The third-order valence-corrected chi connectivity index (χ3v) is 4.82. The summed E-state index contributed by atoms with van der Waals surface area (Å²) in [5.41, 5.74) is 3.67. The van der Waals surface area contributed by atoms with Gasteiger partial charge in [0.25, 0.3) is 0 Å². The van der Waals surface area contributed by atoms with Gasteiger partial charge in [0, 0.05) is 51.5 Å². The van der Waals surface area contributed by atoms with E-state index in [0.29, 0.717) is 12.5 Å². The molecule has 1 saturated heterocycles. The Morgan fingerprint density at radius 2 is 2.12 bits per heavy atom. The van der Waals surface area contributed by atoms with Crippen molar-refractivity contribution in [2.75, 3.05) is 20.2 Å². The molecule has 1 aromatic heterocycles. The van der Waals surface area contributed by atoms with Crippen molar-refractivity contribution < 1.29 is 4.74 Å². The van der Waals surface area contributed by atoms with Crippen molar-refractivity contribution in [3.63, 3.8) is 0 Å². The molecule has 1 aromatic carbocycles. The maximum Gasteiger partial charge on any atom is 0.191 e. The van der Waals surface area contributed by atoms with E-state index in [1.807, 2.05) is 19.4 Å². The summed E-state index contributed by atoms with van der Waals surface area (Å²) in [6, 6.07) is 8.69. The van der Waals surface area contributed by atoms with Gasteiger partial charge in [-0.1, -0.05) is 29.8 Å². The standard InChI is InChI=1S/C20H29N5O/c1-15-6-8-17(9-7-15)19-18(5-4-10-26-19)13-23-20(21-2)22-11-16-12-24-25(3)14-16/h6-9,12,14,18-19H,4-5,10-11,13H2,1-3H3,(H2,21,22,23). The van der Waals surface area contributed by atoms with Crippen LogP contribution in [-0.4, -0.2) is 35.9 Å². The van der Waals surface area contributed by atoms with Gasteiger partial charge in [0.1, 0.15) is 0 Å². The fraction of sp³-hybridized carbons (Fsp3) is 0.500. The molecule has 6 nitrogen and oxygen atoms in total. The Balaban J connectivity index is 1.55. The molecule has 2 aromatic rings. The summed E-state index contributed by atoms with van der Waals surface area (Å²) in [6.07, 6.45) is 6.28. The summed E-state index contributed by atoms with van der Waals surface area (Å²) >= 11 is 0. The molecule has 0 radical (unpaired) electrons. The zero-order chi connectivity index (χ0) is 18.4. The zero-order valence-corrected chi connectivity index (χ0v) is 15.9. The van der Waals surface area contributed by atoms with E-state index in [2.05, 4.69) is 51.9 Å². The fourth-order valence-corrected chi connectivity index (χ4v) is 3.37. The van der Waals surface area contributed by atoms with E-state index in [1.54, 1.807) is 11.7 Å². The van der Waals surface area contributed by atoms with Crippen LogP contribution in [0.4, 0.5) is 0 Å². The molecule has 1 aliphatic heterocycles. The summed E-state index contributed by atoms with van der Waals surface area (Å²) < 4.78 is 7.91. The quantitative estimate of drug-likeness (QED) is 0.639. The molecule has 26 heavy (non-hydrogen) atoms. The predicted octanol–water partition coefficient (Wildman–Crippen LogP) is 2.56. The molecule has 0 amide bonds. The molecule has 2 unspecified atom stereocenters. The van der Waals surface area contributed by atoms with Crippen molar-refractivity contribution in [2.45, 2.75) is 32.4 Å². The highest BCUT2D eigenvalue weighted by molar-refractivity contribution is 5.79. The second kappa shape index (κ2) is 8.85. The van der Waals surface area contributed by atoms with Crippen LogP contribution in [0.3, 0.4) is 0 Å². The second-order valence-corrected chi connectivity index (χ2v) is 6.93. The van der Waals surface area contributed by atoms with Gasteiger partial charge < -0.3 is 15.4 Å². The van der Waals surface area contributed by atoms with Crippen LogP contribution >= 0.6 is 0 Å². The number of nitrogens with zero attached hydrogens (tertiary/aromatic N) is 3. The molecule has 1 fully saturated rings. The summed E-state index contributed by atoms with van der Waals surface area (Å²) in [5.74, 6) is 1.24. The number of guanidine groups is 1. The van der Waals surface area contributed by atoms with Gasteiger partial charge in [-0.15, -0.1) is 0 Å². The third kappa shape index (κ3) is 4.85. The molecule has 3 rings (SSSR count). The average Bonchev–Trinajstić information content (AvgIpc) is 3.08. The van der Waals surface area contributed by atoms with Crippen LogP contribution in [0, 0.1) is 12.8 Å². The number of aliphatic imine (C=N–C) groups is 1. The number of rotatable bonds is 5. The highest BCUT2D eigenvalue weighted by atomic mass is 16.5. The predicted molar refractivity (Wildman–Crippen MR) is 104 cm³/mol. The first-order valence-electron chi connectivity index (χ1n) is 9.26. The normalized spacial score (nSPS) is 20.8. The Kier molecular flexibility index (Phi) is 6.28. The van der Waals surface area contributed by atoms with Crippen LogP contribution in [-0.2, 0) is 18.3 Å². The number of nitrogens with one attached hydrogen (secondary N) is 2. The lowest BCUT2D eigenvalue weighted by Gasteiger charge is -2.32. The molecule has 0 saturated carbocycles. The summed E-state index contributed by atoms with van der Waals surface area (Å²) in [7, 11) is 3.72. The smallest absolute Gasteiger partial charge is 0.191 e. The number of hydrogen-bond donors (Lipinski definition) is 2. The van der Waals surface area contributed by atoms with Crippen molar-refractivity contribution >= 4 is 5.96 Å². The van der Waals surface area contributed by atoms with Gasteiger partial charge in [-0.05, 0) is 25.3 Å². The van der Waals surface area contributed by atoms with Gasteiger partial charge in [0.2, 0.25) is 0 Å². The number of hydrogen-bond acceptors (Lipinski definition) is 3. The van der Waals surface area contributed by atoms with Gasteiger partial charge >= 0.3 is 0 Å². The molecule has 2 heterocycles. The van der Waals surface area contributed by atoms with Gasteiger partial charge in [-0.25, -0.2) is 0 Å².